The number of aryl methyl sites for hydroxylation is 1. The summed E-state index contributed by atoms with van der Waals surface area (Å²) < 4.78 is 1.85. The van der Waals surface area contributed by atoms with Crippen LogP contribution in [-0.4, -0.2) is 51.0 Å². The standard InChI is InChI=1S/C21H26N4O2/c1-3-25-15(2)19(10-22-25)21(27)24-12-17-9-20(26)23(13-18(17)14-24)11-16-7-5-4-6-8-16/h4-8,10,17-18H,3,9,11-14H2,1-2H3/t17-,18+/m0/s1. The number of piperidine rings is 1. The number of hydrogen-bond donors (Lipinski definition) is 0. The maximum absolute atomic E-state index is 13.0. The van der Waals surface area contributed by atoms with Crippen LogP contribution in [0, 0.1) is 18.8 Å². The molecule has 0 radical (unpaired) electrons. The van der Waals surface area contributed by atoms with E-state index in [1.54, 1.807) is 6.20 Å². The summed E-state index contributed by atoms with van der Waals surface area (Å²) in [7, 11) is 0. The van der Waals surface area contributed by atoms with Gasteiger partial charge in [-0.05, 0) is 31.2 Å². The first-order chi connectivity index (χ1) is 13.1. The summed E-state index contributed by atoms with van der Waals surface area (Å²) in [5, 5.41) is 4.30. The van der Waals surface area contributed by atoms with E-state index < -0.39 is 0 Å². The van der Waals surface area contributed by atoms with E-state index in [9.17, 15) is 9.59 Å². The van der Waals surface area contributed by atoms with Crippen LogP contribution in [-0.2, 0) is 17.9 Å². The molecular weight excluding hydrogens is 340 g/mol. The van der Waals surface area contributed by atoms with Gasteiger partial charge in [0.2, 0.25) is 5.91 Å². The van der Waals surface area contributed by atoms with E-state index in [-0.39, 0.29) is 17.7 Å². The normalized spacial score (nSPS) is 22.2. The van der Waals surface area contributed by atoms with E-state index in [0.717, 1.165) is 30.9 Å². The van der Waals surface area contributed by atoms with Gasteiger partial charge in [-0.2, -0.15) is 5.10 Å². The Labute approximate surface area is 159 Å². The number of nitrogens with zero attached hydrogens (tertiary/aromatic N) is 4. The second-order valence-corrected chi connectivity index (χ2v) is 7.65. The van der Waals surface area contributed by atoms with Gasteiger partial charge in [0, 0.05) is 44.8 Å². The molecule has 2 amide bonds. The van der Waals surface area contributed by atoms with Gasteiger partial charge in [0.1, 0.15) is 0 Å². The SMILES string of the molecule is CCn1ncc(C(=O)N2C[C@H]3CN(Cc4ccccc4)C(=O)C[C@H]3C2)c1C. The molecular formula is C21H26N4O2. The number of aromatic nitrogens is 2. The van der Waals surface area contributed by atoms with Crippen molar-refractivity contribution in [3.05, 3.63) is 53.3 Å². The zero-order valence-electron chi connectivity index (χ0n) is 16.0. The van der Waals surface area contributed by atoms with Crippen LogP contribution in [0.2, 0.25) is 0 Å². The summed E-state index contributed by atoms with van der Waals surface area (Å²) in [5.41, 5.74) is 2.75. The van der Waals surface area contributed by atoms with Crippen molar-refractivity contribution < 1.29 is 9.59 Å². The average molecular weight is 366 g/mol. The highest BCUT2D eigenvalue weighted by molar-refractivity contribution is 5.95. The molecule has 4 rings (SSSR count). The lowest BCUT2D eigenvalue weighted by Crippen LogP contribution is -2.43. The van der Waals surface area contributed by atoms with Gasteiger partial charge in [0.25, 0.3) is 5.91 Å². The number of benzene rings is 1. The summed E-state index contributed by atoms with van der Waals surface area (Å²) >= 11 is 0. The predicted molar refractivity (Wildman–Crippen MR) is 102 cm³/mol. The van der Waals surface area contributed by atoms with Gasteiger partial charge in [0.05, 0.1) is 11.8 Å². The minimum Gasteiger partial charge on any atom is -0.338 e. The lowest BCUT2D eigenvalue weighted by Gasteiger charge is -2.34. The van der Waals surface area contributed by atoms with Gasteiger partial charge < -0.3 is 9.80 Å². The van der Waals surface area contributed by atoms with E-state index in [0.29, 0.717) is 31.0 Å². The molecule has 1 aromatic heterocycles. The lowest BCUT2D eigenvalue weighted by molar-refractivity contribution is -0.136. The fraction of sp³-hybridized carbons (Fsp3) is 0.476. The van der Waals surface area contributed by atoms with Gasteiger partial charge in [-0.25, -0.2) is 0 Å². The van der Waals surface area contributed by atoms with E-state index in [1.807, 2.05) is 46.5 Å². The topological polar surface area (TPSA) is 58.4 Å². The maximum atomic E-state index is 13.0. The summed E-state index contributed by atoms with van der Waals surface area (Å²) in [6.07, 6.45) is 2.21. The molecule has 0 spiro atoms. The summed E-state index contributed by atoms with van der Waals surface area (Å²) in [4.78, 5) is 29.4. The Morgan fingerprint density at radius 1 is 1.15 bits per heavy atom. The molecule has 6 nitrogen and oxygen atoms in total. The number of rotatable bonds is 4. The lowest BCUT2D eigenvalue weighted by atomic mass is 9.88. The zero-order chi connectivity index (χ0) is 19.0. The van der Waals surface area contributed by atoms with Gasteiger partial charge in [-0.15, -0.1) is 0 Å². The second-order valence-electron chi connectivity index (χ2n) is 7.65. The summed E-state index contributed by atoms with van der Waals surface area (Å²) in [6.45, 7) is 7.50. The fourth-order valence-corrected chi connectivity index (χ4v) is 4.38. The molecule has 2 aromatic rings. The first kappa shape index (κ1) is 17.8. The average Bonchev–Trinajstić information content (AvgIpc) is 3.25. The third-order valence-electron chi connectivity index (χ3n) is 5.96. The van der Waals surface area contributed by atoms with Crippen molar-refractivity contribution in [2.24, 2.45) is 11.8 Å². The van der Waals surface area contributed by atoms with E-state index in [4.69, 9.17) is 0 Å². The molecule has 142 valence electrons. The smallest absolute Gasteiger partial charge is 0.257 e. The third kappa shape index (κ3) is 3.36. The summed E-state index contributed by atoms with van der Waals surface area (Å²) in [5.74, 6) is 0.875. The van der Waals surface area contributed by atoms with Crippen molar-refractivity contribution in [2.75, 3.05) is 19.6 Å². The molecule has 2 fully saturated rings. The van der Waals surface area contributed by atoms with Gasteiger partial charge in [-0.1, -0.05) is 30.3 Å². The number of hydrogen-bond acceptors (Lipinski definition) is 3. The number of fused-ring (bicyclic) bond motifs is 1. The summed E-state index contributed by atoms with van der Waals surface area (Å²) in [6, 6.07) is 10.1. The largest absolute Gasteiger partial charge is 0.338 e. The molecule has 27 heavy (non-hydrogen) atoms. The molecule has 2 atom stereocenters. The van der Waals surface area contributed by atoms with Crippen LogP contribution in [0.1, 0.15) is 35.0 Å². The molecule has 1 aromatic carbocycles. The van der Waals surface area contributed by atoms with E-state index in [2.05, 4.69) is 17.2 Å². The first-order valence-corrected chi connectivity index (χ1v) is 9.70. The Bertz CT molecular complexity index is 845. The van der Waals surface area contributed by atoms with Gasteiger partial charge >= 0.3 is 0 Å². The fourth-order valence-electron chi connectivity index (χ4n) is 4.38. The zero-order valence-corrected chi connectivity index (χ0v) is 16.0. The van der Waals surface area contributed by atoms with Crippen molar-refractivity contribution >= 4 is 11.8 Å². The molecule has 2 aliphatic heterocycles. The minimum atomic E-state index is 0.0451. The molecule has 0 N–H and O–H groups in total. The number of likely N-dealkylation sites (tertiary alicyclic amines) is 2. The van der Waals surface area contributed by atoms with Crippen molar-refractivity contribution in [3.8, 4) is 0 Å². The molecule has 0 bridgehead atoms. The molecule has 2 aliphatic rings. The molecule has 0 unspecified atom stereocenters. The van der Waals surface area contributed by atoms with E-state index >= 15 is 0 Å². The highest BCUT2D eigenvalue weighted by Crippen LogP contribution is 2.33. The highest BCUT2D eigenvalue weighted by Gasteiger charge is 2.42. The third-order valence-corrected chi connectivity index (χ3v) is 5.96. The molecule has 3 heterocycles. The Hall–Kier alpha value is -2.63. The number of carbonyl (C=O) groups excluding carboxylic acids is 2. The van der Waals surface area contributed by atoms with Crippen molar-refractivity contribution in [1.82, 2.24) is 19.6 Å². The Morgan fingerprint density at radius 2 is 1.89 bits per heavy atom. The van der Waals surface area contributed by atoms with Crippen molar-refractivity contribution in [1.29, 1.82) is 0 Å². The Morgan fingerprint density at radius 3 is 2.59 bits per heavy atom. The molecule has 2 saturated heterocycles. The maximum Gasteiger partial charge on any atom is 0.257 e. The minimum absolute atomic E-state index is 0.0451. The molecule has 0 aliphatic carbocycles. The van der Waals surface area contributed by atoms with Gasteiger partial charge in [-0.3, -0.25) is 14.3 Å². The number of amides is 2. The van der Waals surface area contributed by atoms with Gasteiger partial charge in [0.15, 0.2) is 0 Å². The highest BCUT2D eigenvalue weighted by atomic mass is 16.2. The molecule has 6 heteroatoms. The second kappa shape index (κ2) is 7.18. The molecule has 0 saturated carbocycles. The quantitative estimate of drug-likeness (QED) is 0.834. The first-order valence-electron chi connectivity index (χ1n) is 9.70. The van der Waals surface area contributed by atoms with Crippen LogP contribution in [0.4, 0.5) is 0 Å². The Kier molecular flexibility index (Phi) is 4.72. The van der Waals surface area contributed by atoms with E-state index in [1.165, 1.54) is 0 Å². The van der Waals surface area contributed by atoms with Crippen LogP contribution in [0.5, 0.6) is 0 Å². The van der Waals surface area contributed by atoms with Crippen LogP contribution >= 0.6 is 0 Å². The van der Waals surface area contributed by atoms with Crippen molar-refractivity contribution in [2.45, 2.75) is 33.4 Å². The van der Waals surface area contributed by atoms with Crippen LogP contribution in [0.3, 0.4) is 0 Å². The van der Waals surface area contributed by atoms with Crippen molar-refractivity contribution in [3.63, 3.8) is 0 Å². The van der Waals surface area contributed by atoms with Crippen LogP contribution in [0.15, 0.2) is 36.5 Å². The monoisotopic (exact) mass is 366 g/mol. The van der Waals surface area contributed by atoms with Crippen LogP contribution in [0.25, 0.3) is 0 Å². The van der Waals surface area contributed by atoms with Crippen LogP contribution < -0.4 is 0 Å². The number of carbonyl (C=O) groups is 2. The predicted octanol–water partition coefficient (Wildman–Crippen LogP) is 2.33. The Balaban J connectivity index is 1.44.